The molecule has 0 aliphatic heterocycles. The molecule has 0 aliphatic rings. The van der Waals surface area contributed by atoms with Gasteiger partial charge >= 0.3 is 0 Å². The van der Waals surface area contributed by atoms with Crippen molar-refractivity contribution in [2.75, 3.05) is 0 Å². The SMILES string of the molecule is Cc1nnc(C=Cc2ccc(F)cc2)n1C. The van der Waals surface area contributed by atoms with Gasteiger partial charge in [-0.1, -0.05) is 18.2 Å². The standard InChI is InChI=1S/C12H12FN3/c1-9-14-15-12(16(9)2)8-5-10-3-6-11(13)7-4-10/h3-8H,1-2H3. The molecule has 0 radical (unpaired) electrons. The molecule has 0 fully saturated rings. The van der Waals surface area contributed by atoms with Crippen LogP contribution in [0.5, 0.6) is 0 Å². The van der Waals surface area contributed by atoms with Crippen molar-refractivity contribution in [3.05, 3.63) is 47.3 Å². The second kappa shape index (κ2) is 4.26. The largest absolute Gasteiger partial charge is 0.315 e. The first-order valence-electron chi connectivity index (χ1n) is 4.96. The summed E-state index contributed by atoms with van der Waals surface area (Å²) in [5.74, 6) is 1.41. The summed E-state index contributed by atoms with van der Waals surface area (Å²) in [5.41, 5.74) is 0.932. The molecule has 1 heterocycles. The Hall–Kier alpha value is -1.97. The average Bonchev–Trinajstić information content (AvgIpc) is 2.60. The van der Waals surface area contributed by atoms with E-state index in [1.807, 2.05) is 30.7 Å². The van der Waals surface area contributed by atoms with E-state index in [0.29, 0.717) is 0 Å². The molecule has 0 spiro atoms. The number of benzene rings is 1. The van der Waals surface area contributed by atoms with Crippen LogP contribution in [-0.4, -0.2) is 14.8 Å². The predicted octanol–water partition coefficient (Wildman–Crippen LogP) is 2.43. The molecule has 16 heavy (non-hydrogen) atoms. The summed E-state index contributed by atoms with van der Waals surface area (Å²) >= 11 is 0. The third-order valence-electron chi connectivity index (χ3n) is 2.42. The molecule has 0 bridgehead atoms. The Morgan fingerprint density at radius 3 is 2.38 bits per heavy atom. The molecule has 1 aromatic carbocycles. The number of hydrogen-bond acceptors (Lipinski definition) is 2. The minimum atomic E-state index is -0.230. The summed E-state index contributed by atoms with van der Waals surface area (Å²) in [6.07, 6.45) is 3.73. The van der Waals surface area contributed by atoms with Gasteiger partial charge in [0.1, 0.15) is 11.6 Å². The summed E-state index contributed by atoms with van der Waals surface area (Å²) in [7, 11) is 1.90. The zero-order chi connectivity index (χ0) is 11.5. The van der Waals surface area contributed by atoms with E-state index in [2.05, 4.69) is 10.2 Å². The molecule has 2 aromatic rings. The zero-order valence-electron chi connectivity index (χ0n) is 9.18. The maximum Gasteiger partial charge on any atom is 0.156 e. The fourth-order valence-corrected chi connectivity index (χ4v) is 1.31. The van der Waals surface area contributed by atoms with Gasteiger partial charge in [0.25, 0.3) is 0 Å². The van der Waals surface area contributed by atoms with E-state index in [-0.39, 0.29) is 5.82 Å². The van der Waals surface area contributed by atoms with Crippen LogP contribution in [0.1, 0.15) is 17.2 Å². The van der Waals surface area contributed by atoms with E-state index in [1.54, 1.807) is 12.1 Å². The van der Waals surface area contributed by atoms with Gasteiger partial charge in [0.05, 0.1) is 0 Å². The van der Waals surface area contributed by atoms with Crippen molar-refractivity contribution in [3.63, 3.8) is 0 Å². The van der Waals surface area contributed by atoms with Crippen LogP contribution < -0.4 is 0 Å². The van der Waals surface area contributed by atoms with Crippen LogP contribution in [0.25, 0.3) is 12.2 Å². The maximum absolute atomic E-state index is 12.7. The normalized spacial score (nSPS) is 11.2. The van der Waals surface area contributed by atoms with Gasteiger partial charge in [0, 0.05) is 7.05 Å². The first-order chi connectivity index (χ1) is 7.66. The van der Waals surface area contributed by atoms with Gasteiger partial charge < -0.3 is 4.57 Å². The van der Waals surface area contributed by atoms with Crippen molar-refractivity contribution >= 4 is 12.2 Å². The third-order valence-corrected chi connectivity index (χ3v) is 2.42. The van der Waals surface area contributed by atoms with E-state index in [9.17, 15) is 4.39 Å². The van der Waals surface area contributed by atoms with Crippen molar-refractivity contribution in [2.24, 2.45) is 7.05 Å². The predicted molar refractivity (Wildman–Crippen MR) is 61.1 cm³/mol. The molecule has 1 aromatic heterocycles. The van der Waals surface area contributed by atoms with Gasteiger partial charge in [-0.05, 0) is 30.7 Å². The number of rotatable bonds is 2. The average molecular weight is 217 g/mol. The van der Waals surface area contributed by atoms with E-state index >= 15 is 0 Å². The minimum Gasteiger partial charge on any atom is -0.315 e. The highest BCUT2D eigenvalue weighted by Gasteiger charge is 1.99. The first-order valence-corrected chi connectivity index (χ1v) is 4.96. The third kappa shape index (κ3) is 2.16. The van der Waals surface area contributed by atoms with Crippen LogP contribution in [0.2, 0.25) is 0 Å². The Kier molecular flexibility index (Phi) is 2.81. The molecule has 0 atom stereocenters. The van der Waals surface area contributed by atoms with Crippen molar-refractivity contribution < 1.29 is 4.39 Å². The lowest BCUT2D eigenvalue weighted by Gasteiger charge is -1.95. The lowest BCUT2D eigenvalue weighted by molar-refractivity contribution is 0.628. The van der Waals surface area contributed by atoms with Gasteiger partial charge in [-0.3, -0.25) is 0 Å². The highest BCUT2D eigenvalue weighted by atomic mass is 19.1. The fraction of sp³-hybridized carbons (Fsp3) is 0.167. The van der Waals surface area contributed by atoms with Crippen LogP contribution in [0.4, 0.5) is 4.39 Å². The molecule has 2 rings (SSSR count). The maximum atomic E-state index is 12.7. The molecule has 0 unspecified atom stereocenters. The fourth-order valence-electron chi connectivity index (χ4n) is 1.31. The van der Waals surface area contributed by atoms with Crippen LogP contribution in [-0.2, 0) is 7.05 Å². The van der Waals surface area contributed by atoms with E-state index in [0.717, 1.165) is 17.2 Å². The summed E-state index contributed by atoms with van der Waals surface area (Å²) in [6, 6.07) is 6.30. The monoisotopic (exact) mass is 217 g/mol. The molecular formula is C12H12FN3. The molecule has 0 saturated carbocycles. The molecule has 0 N–H and O–H groups in total. The number of hydrogen-bond donors (Lipinski definition) is 0. The van der Waals surface area contributed by atoms with Gasteiger partial charge in [-0.2, -0.15) is 0 Å². The number of aryl methyl sites for hydroxylation is 1. The summed E-state index contributed by atoms with van der Waals surface area (Å²) in [4.78, 5) is 0. The van der Waals surface area contributed by atoms with Crippen LogP contribution in [0, 0.1) is 12.7 Å². The highest BCUT2D eigenvalue weighted by Crippen LogP contribution is 2.08. The molecular weight excluding hydrogens is 205 g/mol. The number of aromatic nitrogens is 3. The second-order valence-corrected chi connectivity index (χ2v) is 3.55. The Bertz CT molecular complexity index is 512. The van der Waals surface area contributed by atoms with Gasteiger partial charge in [-0.15, -0.1) is 10.2 Å². The van der Waals surface area contributed by atoms with Crippen LogP contribution >= 0.6 is 0 Å². The van der Waals surface area contributed by atoms with E-state index in [1.165, 1.54) is 12.1 Å². The lowest BCUT2D eigenvalue weighted by Crippen LogP contribution is -1.93. The number of halogens is 1. The molecule has 82 valence electrons. The molecule has 3 nitrogen and oxygen atoms in total. The minimum absolute atomic E-state index is 0.230. The first kappa shape index (κ1) is 10.5. The van der Waals surface area contributed by atoms with Crippen LogP contribution in [0.15, 0.2) is 24.3 Å². The smallest absolute Gasteiger partial charge is 0.156 e. The van der Waals surface area contributed by atoms with Crippen molar-refractivity contribution in [2.45, 2.75) is 6.92 Å². The van der Waals surface area contributed by atoms with Gasteiger partial charge in [0.2, 0.25) is 0 Å². The van der Waals surface area contributed by atoms with E-state index in [4.69, 9.17) is 0 Å². The molecule has 0 amide bonds. The summed E-state index contributed by atoms with van der Waals surface area (Å²) in [5, 5.41) is 7.94. The van der Waals surface area contributed by atoms with Crippen LogP contribution in [0.3, 0.4) is 0 Å². The van der Waals surface area contributed by atoms with E-state index < -0.39 is 0 Å². The van der Waals surface area contributed by atoms with Gasteiger partial charge in [0.15, 0.2) is 5.82 Å². The Labute approximate surface area is 93.3 Å². The molecule has 0 saturated heterocycles. The summed E-state index contributed by atoms with van der Waals surface area (Å²) < 4.78 is 14.6. The van der Waals surface area contributed by atoms with Crippen molar-refractivity contribution in [1.29, 1.82) is 0 Å². The zero-order valence-corrected chi connectivity index (χ0v) is 9.18. The molecule has 0 aliphatic carbocycles. The quantitative estimate of drug-likeness (QED) is 0.773. The molecule has 4 heteroatoms. The number of nitrogens with zero attached hydrogens (tertiary/aromatic N) is 3. The Morgan fingerprint density at radius 1 is 1.12 bits per heavy atom. The van der Waals surface area contributed by atoms with Crippen molar-refractivity contribution in [1.82, 2.24) is 14.8 Å². The second-order valence-electron chi connectivity index (χ2n) is 3.55. The highest BCUT2D eigenvalue weighted by molar-refractivity contribution is 5.66. The Morgan fingerprint density at radius 2 is 1.81 bits per heavy atom. The van der Waals surface area contributed by atoms with Crippen molar-refractivity contribution in [3.8, 4) is 0 Å². The summed E-state index contributed by atoms with van der Waals surface area (Å²) in [6.45, 7) is 1.89. The Balaban J connectivity index is 2.21. The van der Waals surface area contributed by atoms with Gasteiger partial charge in [-0.25, -0.2) is 4.39 Å². The topological polar surface area (TPSA) is 30.7 Å². The lowest BCUT2D eigenvalue weighted by atomic mass is 10.2.